The molecule has 19 heavy (non-hydrogen) atoms. The van der Waals surface area contributed by atoms with Crippen molar-refractivity contribution in [3.8, 4) is 0 Å². The molecule has 0 heterocycles. The van der Waals surface area contributed by atoms with Crippen molar-refractivity contribution in [2.75, 3.05) is 5.88 Å². The monoisotopic (exact) mass is 325 g/mol. The SMILES string of the molecule is Cc1cc([N+](=O)[O-])c(Cl)cc1S(=O)(=O)C(C)CCCl. The fourth-order valence-electron chi connectivity index (χ4n) is 1.62. The van der Waals surface area contributed by atoms with E-state index in [0.717, 1.165) is 6.07 Å². The Balaban J connectivity index is 3.37. The highest BCUT2D eigenvalue weighted by Gasteiger charge is 2.27. The first kappa shape index (κ1) is 16.2. The molecule has 1 aromatic rings. The van der Waals surface area contributed by atoms with E-state index in [9.17, 15) is 18.5 Å². The third-order valence-corrected chi connectivity index (χ3v) is 5.66. The van der Waals surface area contributed by atoms with Gasteiger partial charge in [-0.1, -0.05) is 11.6 Å². The lowest BCUT2D eigenvalue weighted by Gasteiger charge is -2.14. The van der Waals surface area contributed by atoms with Crippen LogP contribution in [0.3, 0.4) is 0 Å². The second-order valence-corrected chi connectivity index (χ2v) is 7.28. The lowest BCUT2D eigenvalue weighted by atomic mass is 10.2. The first-order valence-electron chi connectivity index (χ1n) is 5.46. The molecule has 1 unspecified atom stereocenters. The quantitative estimate of drug-likeness (QED) is 0.472. The average Bonchev–Trinajstić information content (AvgIpc) is 2.31. The predicted octanol–water partition coefficient (Wildman–Crippen LogP) is 3.35. The molecule has 1 aromatic carbocycles. The van der Waals surface area contributed by atoms with Gasteiger partial charge in [0.1, 0.15) is 5.02 Å². The third kappa shape index (κ3) is 3.38. The van der Waals surface area contributed by atoms with Crippen LogP contribution in [0, 0.1) is 17.0 Å². The van der Waals surface area contributed by atoms with E-state index in [1.54, 1.807) is 6.92 Å². The molecular formula is C11H13Cl2NO4S. The first-order valence-corrected chi connectivity index (χ1v) is 7.92. The van der Waals surface area contributed by atoms with Crippen LogP contribution >= 0.6 is 23.2 Å². The third-order valence-electron chi connectivity index (χ3n) is 2.79. The van der Waals surface area contributed by atoms with Gasteiger partial charge in [-0.25, -0.2) is 8.42 Å². The largest absolute Gasteiger partial charge is 0.288 e. The molecule has 0 saturated heterocycles. The number of halogens is 2. The molecule has 106 valence electrons. The van der Waals surface area contributed by atoms with Crippen molar-refractivity contribution in [3.63, 3.8) is 0 Å². The fourth-order valence-corrected chi connectivity index (χ4v) is 4.03. The number of hydrogen-bond donors (Lipinski definition) is 0. The normalized spacial score (nSPS) is 13.3. The molecule has 0 fully saturated rings. The molecule has 0 aliphatic rings. The van der Waals surface area contributed by atoms with Crippen LogP contribution in [-0.4, -0.2) is 24.5 Å². The van der Waals surface area contributed by atoms with Crippen LogP contribution in [0.1, 0.15) is 18.9 Å². The highest BCUT2D eigenvalue weighted by molar-refractivity contribution is 7.92. The molecule has 5 nitrogen and oxygen atoms in total. The van der Waals surface area contributed by atoms with Crippen LogP contribution in [0.25, 0.3) is 0 Å². The van der Waals surface area contributed by atoms with Crippen molar-refractivity contribution in [3.05, 3.63) is 32.8 Å². The molecule has 1 rings (SSSR count). The molecule has 0 aromatic heterocycles. The summed E-state index contributed by atoms with van der Waals surface area (Å²) in [4.78, 5) is 10.1. The Labute approximate surface area is 121 Å². The zero-order valence-corrected chi connectivity index (χ0v) is 12.7. The van der Waals surface area contributed by atoms with Gasteiger partial charge in [-0.05, 0) is 31.9 Å². The molecule has 1 atom stereocenters. The Morgan fingerprint density at radius 1 is 1.42 bits per heavy atom. The van der Waals surface area contributed by atoms with Crippen molar-refractivity contribution < 1.29 is 13.3 Å². The minimum absolute atomic E-state index is 0.0146. The minimum Gasteiger partial charge on any atom is -0.258 e. The van der Waals surface area contributed by atoms with Gasteiger partial charge in [0.2, 0.25) is 0 Å². The summed E-state index contributed by atoms with van der Waals surface area (Å²) in [5.41, 5.74) is 0.000588. The van der Waals surface area contributed by atoms with E-state index in [0.29, 0.717) is 12.0 Å². The number of nitro groups is 1. The van der Waals surface area contributed by atoms with Crippen molar-refractivity contribution in [1.29, 1.82) is 0 Å². The molecule has 0 spiro atoms. The van der Waals surface area contributed by atoms with Gasteiger partial charge >= 0.3 is 0 Å². The number of benzene rings is 1. The summed E-state index contributed by atoms with van der Waals surface area (Å²) in [6.07, 6.45) is 0.304. The highest BCUT2D eigenvalue weighted by Crippen LogP contribution is 2.32. The zero-order valence-electron chi connectivity index (χ0n) is 10.4. The lowest BCUT2D eigenvalue weighted by Crippen LogP contribution is -2.19. The number of alkyl halides is 1. The van der Waals surface area contributed by atoms with Crippen LogP contribution in [0.15, 0.2) is 17.0 Å². The van der Waals surface area contributed by atoms with Crippen molar-refractivity contribution in [1.82, 2.24) is 0 Å². The summed E-state index contributed by atoms with van der Waals surface area (Å²) in [6.45, 7) is 3.05. The number of nitro benzene ring substituents is 1. The number of rotatable bonds is 5. The van der Waals surface area contributed by atoms with E-state index in [4.69, 9.17) is 23.2 Å². The molecule has 0 aliphatic carbocycles. The predicted molar refractivity (Wildman–Crippen MR) is 74.8 cm³/mol. The number of aryl methyl sites for hydroxylation is 1. The Kier molecular flexibility index (Phi) is 5.18. The maximum atomic E-state index is 12.3. The molecule has 0 radical (unpaired) electrons. The van der Waals surface area contributed by atoms with Gasteiger partial charge in [0.05, 0.1) is 15.1 Å². The molecule has 8 heteroatoms. The summed E-state index contributed by atoms with van der Waals surface area (Å²) in [5, 5.41) is 9.87. The van der Waals surface area contributed by atoms with E-state index < -0.39 is 20.0 Å². The van der Waals surface area contributed by atoms with Gasteiger partial charge < -0.3 is 0 Å². The van der Waals surface area contributed by atoms with Gasteiger partial charge in [-0.15, -0.1) is 11.6 Å². The van der Waals surface area contributed by atoms with Crippen molar-refractivity contribution >= 4 is 38.7 Å². The van der Waals surface area contributed by atoms with Gasteiger partial charge in [-0.2, -0.15) is 0 Å². The Hall–Kier alpha value is -0.850. The Morgan fingerprint density at radius 3 is 2.47 bits per heavy atom. The molecule has 0 saturated carbocycles. The number of hydrogen-bond acceptors (Lipinski definition) is 4. The van der Waals surface area contributed by atoms with Crippen LogP contribution in [-0.2, 0) is 9.84 Å². The van der Waals surface area contributed by atoms with Gasteiger partial charge in [0.15, 0.2) is 9.84 Å². The lowest BCUT2D eigenvalue weighted by molar-refractivity contribution is -0.384. The van der Waals surface area contributed by atoms with Crippen LogP contribution in [0.2, 0.25) is 5.02 Å². The van der Waals surface area contributed by atoms with Gasteiger partial charge in [0.25, 0.3) is 5.69 Å². The van der Waals surface area contributed by atoms with Gasteiger partial charge in [-0.3, -0.25) is 10.1 Å². The van der Waals surface area contributed by atoms with E-state index in [1.165, 1.54) is 13.0 Å². The van der Waals surface area contributed by atoms with Crippen molar-refractivity contribution in [2.24, 2.45) is 0 Å². The van der Waals surface area contributed by atoms with E-state index >= 15 is 0 Å². The standard InChI is InChI=1S/C11H13Cl2NO4S/c1-7-5-10(14(15)16)9(13)6-11(7)19(17,18)8(2)3-4-12/h5-6,8H,3-4H2,1-2H3. The summed E-state index contributed by atoms with van der Waals surface area (Å²) in [6, 6.07) is 2.30. The van der Waals surface area contributed by atoms with Crippen LogP contribution in [0.5, 0.6) is 0 Å². The smallest absolute Gasteiger partial charge is 0.258 e. The minimum atomic E-state index is -3.59. The van der Waals surface area contributed by atoms with Crippen LogP contribution in [0.4, 0.5) is 5.69 Å². The maximum absolute atomic E-state index is 12.3. The van der Waals surface area contributed by atoms with Crippen LogP contribution < -0.4 is 0 Å². The fraction of sp³-hybridized carbons (Fsp3) is 0.455. The Bertz CT molecular complexity index is 601. The molecule has 0 bridgehead atoms. The number of sulfone groups is 1. The van der Waals surface area contributed by atoms with E-state index in [1.807, 2.05) is 0 Å². The van der Waals surface area contributed by atoms with Gasteiger partial charge in [0, 0.05) is 11.9 Å². The van der Waals surface area contributed by atoms with E-state index in [2.05, 4.69) is 0 Å². The molecule has 0 N–H and O–H groups in total. The molecular weight excluding hydrogens is 313 g/mol. The molecule has 0 amide bonds. The van der Waals surface area contributed by atoms with Crippen molar-refractivity contribution in [2.45, 2.75) is 30.4 Å². The topological polar surface area (TPSA) is 77.3 Å². The summed E-state index contributed by atoms with van der Waals surface area (Å²) < 4.78 is 24.6. The maximum Gasteiger partial charge on any atom is 0.288 e. The average molecular weight is 326 g/mol. The summed E-state index contributed by atoms with van der Waals surface area (Å²) in [5.74, 6) is 0.222. The molecule has 0 aliphatic heterocycles. The second kappa shape index (κ2) is 6.07. The zero-order chi connectivity index (χ0) is 14.8. The second-order valence-electron chi connectivity index (χ2n) is 4.16. The summed E-state index contributed by atoms with van der Waals surface area (Å²) >= 11 is 11.3. The number of nitrogens with zero attached hydrogens (tertiary/aromatic N) is 1. The Morgan fingerprint density at radius 2 is 2.00 bits per heavy atom. The first-order chi connectivity index (χ1) is 8.71. The highest BCUT2D eigenvalue weighted by atomic mass is 35.5. The van der Waals surface area contributed by atoms with E-state index in [-0.39, 0.29) is 21.5 Å². The summed E-state index contributed by atoms with van der Waals surface area (Å²) in [7, 11) is -3.59.